The Balaban J connectivity index is 2.75. The first-order chi connectivity index (χ1) is 9.15. The molecule has 0 aromatic carbocycles. The van der Waals surface area contributed by atoms with Crippen LogP contribution < -0.4 is 11.3 Å². The van der Waals surface area contributed by atoms with Crippen LogP contribution in [0.25, 0.3) is 0 Å². The van der Waals surface area contributed by atoms with Crippen LogP contribution in [0.2, 0.25) is 0 Å². The van der Waals surface area contributed by atoms with Crippen LogP contribution in [0.15, 0.2) is 6.07 Å². The van der Waals surface area contributed by atoms with E-state index in [9.17, 15) is 0 Å². The molecule has 0 saturated heterocycles. The van der Waals surface area contributed by atoms with Crippen LogP contribution in [0, 0.1) is 12.8 Å². The van der Waals surface area contributed by atoms with Gasteiger partial charge in [-0.15, -0.1) is 0 Å². The van der Waals surface area contributed by atoms with Gasteiger partial charge in [-0.2, -0.15) is 5.10 Å². The Bertz CT molecular complexity index is 359. The van der Waals surface area contributed by atoms with Crippen molar-refractivity contribution < 1.29 is 0 Å². The van der Waals surface area contributed by atoms with Crippen LogP contribution in [-0.2, 0) is 6.54 Å². The number of aryl methyl sites for hydroxylation is 2. The summed E-state index contributed by atoms with van der Waals surface area (Å²) >= 11 is 0. The minimum atomic E-state index is 0.211. The molecule has 1 rings (SSSR count). The normalized spacial score (nSPS) is 14.6. The van der Waals surface area contributed by atoms with Crippen molar-refractivity contribution in [1.82, 2.24) is 15.2 Å². The molecule has 4 heteroatoms. The van der Waals surface area contributed by atoms with E-state index in [0.29, 0.717) is 0 Å². The zero-order chi connectivity index (χ0) is 14.3. The highest BCUT2D eigenvalue weighted by Gasteiger charge is 2.19. The summed E-state index contributed by atoms with van der Waals surface area (Å²) in [4.78, 5) is 0. The first-order valence-electron chi connectivity index (χ1n) is 7.66. The lowest BCUT2D eigenvalue weighted by Gasteiger charge is -2.22. The first-order valence-corrected chi connectivity index (χ1v) is 7.66. The molecule has 2 atom stereocenters. The van der Waals surface area contributed by atoms with E-state index in [1.807, 2.05) is 6.92 Å². The summed E-state index contributed by atoms with van der Waals surface area (Å²) in [5.41, 5.74) is 5.27. The van der Waals surface area contributed by atoms with Crippen LogP contribution in [-0.4, -0.2) is 9.78 Å². The van der Waals surface area contributed by atoms with Gasteiger partial charge < -0.3 is 0 Å². The second kappa shape index (κ2) is 8.33. The average Bonchev–Trinajstić information content (AvgIpc) is 2.80. The molecule has 110 valence electrons. The van der Waals surface area contributed by atoms with Crippen molar-refractivity contribution in [2.45, 2.75) is 72.4 Å². The molecule has 0 aliphatic heterocycles. The number of hydrogen-bond acceptors (Lipinski definition) is 3. The van der Waals surface area contributed by atoms with Gasteiger partial charge in [0.05, 0.1) is 17.4 Å². The van der Waals surface area contributed by atoms with Crippen molar-refractivity contribution in [3.8, 4) is 0 Å². The Morgan fingerprint density at radius 3 is 2.63 bits per heavy atom. The quantitative estimate of drug-likeness (QED) is 0.532. The predicted molar refractivity (Wildman–Crippen MR) is 80.6 cm³/mol. The molecule has 0 radical (unpaired) electrons. The van der Waals surface area contributed by atoms with Crippen LogP contribution >= 0.6 is 0 Å². The van der Waals surface area contributed by atoms with Gasteiger partial charge in [-0.1, -0.05) is 39.5 Å². The largest absolute Gasteiger partial charge is 0.271 e. The van der Waals surface area contributed by atoms with E-state index in [2.05, 4.69) is 42.0 Å². The Labute approximate surface area is 117 Å². The third-order valence-electron chi connectivity index (χ3n) is 3.90. The molecule has 3 N–H and O–H groups in total. The van der Waals surface area contributed by atoms with E-state index >= 15 is 0 Å². The van der Waals surface area contributed by atoms with E-state index in [0.717, 1.165) is 24.6 Å². The Kier molecular flexibility index (Phi) is 7.10. The molecule has 0 aliphatic carbocycles. The van der Waals surface area contributed by atoms with Gasteiger partial charge in [0, 0.05) is 6.54 Å². The van der Waals surface area contributed by atoms with Gasteiger partial charge in [0.25, 0.3) is 0 Å². The fraction of sp³-hybridized carbons (Fsp3) is 0.800. The third kappa shape index (κ3) is 4.62. The van der Waals surface area contributed by atoms with Crippen molar-refractivity contribution in [2.75, 3.05) is 0 Å². The number of nitrogens with one attached hydrogen (secondary N) is 1. The molecule has 0 aliphatic rings. The summed E-state index contributed by atoms with van der Waals surface area (Å²) in [6.45, 7) is 9.58. The van der Waals surface area contributed by atoms with E-state index < -0.39 is 0 Å². The van der Waals surface area contributed by atoms with Crippen molar-refractivity contribution in [2.24, 2.45) is 11.8 Å². The predicted octanol–water partition coefficient (Wildman–Crippen LogP) is 3.32. The Hall–Kier alpha value is -0.870. The molecular formula is C15H30N4. The van der Waals surface area contributed by atoms with Crippen molar-refractivity contribution in [3.63, 3.8) is 0 Å². The standard InChI is InChI=1S/C15H30N4/c1-5-8-9-13(6-2)11-14(17-16)15-10-12(4)18-19(15)7-3/h10,13-14,17H,5-9,11,16H2,1-4H3. The zero-order valence-corrected chi connectivity index (χ0v) is 12.9. The highest BCUT2D eigenvalue weighted by Crippen LogP contribution is 2.26. The molecule has 1 heterocycles. The second-order valence-corrected chi connectivity index (χ2v) is 5.40. The molecule has 0 spiro atoms. The fourth-order valence-electron chi connectivity index (χ4n) is 2.69. The van der Waals surface area contributed by atoms with Gasteiger partial charge in [-0.3, -0.25) is 16.0 Å². The molecule has 1 aromatic heterocycles. The number of aromatic nitrogens is 2. The maximum atomic E-state index is 5.78. The second-order valence-electron chi connectivity index (χ2n) is 5.40. The van der Waals surface area contributed by atoms with Gasteiger partial charge in [-0.05, 0) is 32.3 Å². The molecule has 19 heavy (non-hydrogen) atoms. The van der Waals surface area contributed by atoms with Gasteiger partial charge >= 0.3 is 0 Å². The molecule has 0 fully saturated rings. The lowest BCUT2D eigenvalue weighted by molar-refractivity contribution is 0.344. The number of hydrazine groups is 1. The zero-order valence-electron chi connectivity index (χ0n) is 12.9. The number of nitrogens with zero attached hydrogens (tertiary/aromatic N) is 2. The van der Waals surface area contributed by atoms with E-state index in [4.69, 9.17) is 5.84 Å². The van der Waals surface area contributed by atoms with Crippen molar-refractivity contribution in [3.05, 3.63) is 17.5 Å². The number of nitrogens with two attached hydrogens (primary N) is 1. The third-order valence-corrected chi connectivity index (χ3v) is 3.90. The van der Waals surface area contributed by atoms with Crippen LogP contribution in [0.5, 0.6) is 0 Å². The SMILES string of the molecule is CCCCC(CC)CC(NN)c1cc(C)nn1CC. The smallest absolute Gasteiger partial charge is 0.0631 e. The summed E-state index contributed by atoms with van der Waals surface area (Å²) in [6.07, 6.45) is 6.19. The van der Waals surface area contributed by atoms with Gasteiger partial charge in [0.2, 0.25) is 0 Å². The topological polar surface area (TPSA) is 55.9 Å². The molecular weight excluding hydrogens is 236 g/mol. The molecule has 0 amide bonds. The van der Waals surface area contributed by atoms with Gasteiger partial charge in [0.15, 0.2) is 0 Å². The fourth-order valence-corrected chi connectivity index (χ4v) is 2.69. The van der Waals surface area contributed by atoms with E-state index in [-0.39, 0.29) is 6.04 Å². The maximum Gasteiger partial charge on any atom is 0.0631 e. The minimum absolute atomic E-state index is 0.211. The van der Waals surface area contributed by atoms with E-state index in [1.165, 1.54) is 31.4 Å². The molecule has 0 saturated carbocycles. The summed E-state index contributed by atoms with van der Waals surface area (Å²) in [7, 11) is 0. The summed E-state index contributed by atoms with van der Waals surface area (Å²) < 4.78 is 2.06. The summed E-state index contributed by atoms with van der Waals surface area (Å²) in [5, 5.41) is 4.51. The molecule has 0 bridgehead atoms. The first kappa shape index (κ1) is 16.2. The summed E-state index contributed by atoms with van der Waals surface area (Å²) in [5.74, 6) is 6.52. The van der Waals surface area contributed by atoms with Gasteiger partial charge in [-0.25, -0.2) is 0 Å². The molecule has 2 unspecified atom stereocenters. The Morgan fingerprint density at radius 2 is 2.11 bits per heavy atom. The number of unbranched alkanes of at least 4 members (excludes halogenated alkanes) is 1. The van der Waals surface area contributed by atoms with Crippen molar-refractivity contribution in [1.29, 1.82) is 0 Å². The van der Waals surface area contributed by atoms with Crippen molar-refractivity contribution >= 4 is 0 Å². The summed E-state index contributed by atoms with van der Waals surface area (Å²) in [6, 6.07) is 2.36. The van der Waals surface area contributed by atoms with Crippen LogP contribution in [0.4, 0.5) is 0 Å². The van der Waals surface area contributed by atoms with Crippen LogP contribution in [0.1, 0.15) is 70.3 Å². The minimum Gasteiger partial charge on any atom is -0.271 e. The lowest BCUT2D eigenvalue weighted by atomic mass is 9.91. The molecule has 1 aromatic rings. The van der Waals surface area contributed by atoms with E-state index in [1.54, 1.807) is 0 Å². The monoisotopic (exact) mass is 266 g/mol. The highest BCUT2D eigenvalue weighted by atomic mass is 15.3. The Morgan fingerprint density at radius 1 is 1.37 bits per heavy atom. The maximum absolute atomic E-state index is 5.78. The van der Waals surface area contributed by atoms with Gasteiger partial charge in [0.1, 0.15) is 0 Å². The average molecular weight is 266 g/mol. The molecule has 4 nitrogen and oxygen atoms in total. The number of rotatable bonds is 9. The number of hydrogen-bond donors (Lipinski definition) is 2. The highest BCUT2D eigenvalue weighted by molar-refractivity contribution is 5.13. The lowest BCUT2D eigenvalue weighted by Crippen LogP contribution is -2.31. The van der Waals surface area contributed by atoms with Crippen LogP contribution in [0.3, 0.4) is 0 Å².